The third-order valence-electron chi connectivity index (χ3n) is 5.77. The number of benzene rings is 3. The molecule has 0 saturated carbocycles. The molecule has 1 unspecified atom stereocenters. The van der Waals surface area contributed by atoms with Crippen LogP contribution in [0, 0.1) is 0 Å². The van der Waals surface area contributed by atoms with Gasteiger partial charge < -0.3 is 10.2 Å². The minimum absolute atomic E-state index is 0.0373. The zero-order valence-corrected chi connectivity index (χ0v) is 26.1. The molecular formula is C28H29Cl4N3O4S. The smallest absolute Gasteiger partial charge is 0.264 e. The van der Waals surface area contributed by atoms with Crippen LogP contribution in [0.1, 0.15) is 33.3 Å². The molecule has 3 aromatic carbocycles. The van der Waals surface area contributed by atoms with Crippen molar-refractivity contribution in [1.82, 2.24) is 10.2 Å². The minimum Gasteiger partial charge on any atom is -0.350 e. The second-order valence-corrected chi connectivity index (χ2v) is 13.7. The molecule has 7 nitrogen and oxygen atoms in total. The quantitative estimate of drug-likeness (QED) is 0.277. The van der Waals surface area contributed by atoms with Crippen molar-refractivity contribution in [1.29, 1.82) is 0 Å². The van der Waals surface area contributed by atoms with Crippen molar-refractivity contribution < 1.29 is 18.0 Å². The number of carbonyl (C=O) groups excluding carboxylic acids is 2. The minimum atomic E-state index is -4.25. The van der Waals surface area contributed by atoms with Crippen molar-refractivity contribution in [3.05, 3.63) is 92.4 Å². The standard InChI is InChI=1S/C28H29Cl4N3O4S/c1-18(27(37)33-28(2,3)4)34(16-19-10-11-20(29)15-25(19)32)26(36)17-35(23-13-21(30)12-22(31)14-23)40(38,39)24-8-6-5-7-9-24/h5-15,18H,16-17H2,1-4H3,(H,33,37). The Bertz CT molecular complexity index is 1470. The zero-order valence-electron chi connectivity index (χ0n) is 22.3. The van der Waals surface area contributed by atoms with E-state index < -0.39 is 40.0 Å². The largest absolute Gasteiger partial charge is 0.350 e. The van der Waals surface area contributed by atoms with Crippen LogP contribution in [-0.2, 0) is 26.2 Å². The normalized spacial score (nSPS) is 12.5. The van der Waals surface area contributed by atoms with Crippen LogP contribution in [0.25, 0.3) is 0 Å². The number of sulfonamides is 1. The number of hydrogen-bond donors (Lipinski definition) is 1. The van der Waals surface area contributed by atoms with Gasteiger partial charge in [-0.15, -0.1) is 0 Å². The summed E-state index contributed by atoms with van der Waals surface area (Å²) in [5.41, 5.74) is 0.0436. The van der Waals surface area contributed by atoms with Gasteiger partial charge in [0.15, 0.2) is 0 Å². The van der Waals surface area contributed by atoms with Gasteiger partial charge in [-0.3, -0.25) is 13.9 Å². The van der Waals surface area contributed by atoms with Crippen LogP contribution >= 0.6 is 46.4 Å². The van der Waals surface area contributed by atoms with E-state index >= 15 is 0 Å². The van der Waals surface area contributed by atoms with Gasteiger partial charge in [0.25, 0.3) is 10.0 Å². The maximum absolute atomic E-state index is 14.0. The van der Waals surface area contributed by atoms with E-state index in [0.29, 0.717) is 15.6 Å². The lowest BCUT2D eigenvalue weighted by Gasteiger charge is -2.33. The van der Waals surface area contributed by atoms with Crippen LogP contribution in [0.2, 0.25) is 20.1 Å². The molecule has 0 heterocycles. The van der Waals surface area contributed by atoms with Crippen molar-refractivity contribution in [2.75, 3.05) is 10.8 Å². The van der Waals surface area contributed by atoms with Gasteiger partial charge in [-0.05, 0) is 75.7 Å². The van der Waals surface area contributed by atoms with Crippen LogP contribution < -0.4 is 9.62 Å². The Kier molecular flexibility index (Phi) is 10.4. The van der Waals surface area contributed by atoms with Gasteiger partial charge in [0.05, 0.1) is 10.6 Å². The summed E-state index contributed by atoms with van der Waals surface area (Å²) in [7, 11) is -4.25. The number of anilines is 1. The molecule has 1 N–H and O–H groups in total. The summed E-state index contributed by atoms with van der Waals surface area (Å²) < 4.78 is 28.5. The van der Waals surface area contributed by atoms with Gasteiger partial charge in [0.2, 0.25) is 11.8 Å². The van der Waals surface area contributed by atoms with Crippen LogP contribution in [0.4, 0.5) is 5.69 Å². The lowest BCUT2D eigenvalue weighted by molar-refractivity contribution is -0.140. The summed E-state index contributed by atoms with van der Waals surface area (Å²) >= 11 is 24.8. The Balaban J connectivity index is 2.08. The van der Waals surface area contributed by atoms with E-state index in [1.54, 1.807) is 37.3 Å². The summed E-state index contributed by atoms with van der Waals surface area (Å²) in [5.74, 6) is -1.08. The van der Waals surface area contributed by atoms with Gasteiger partial charge in [0, 0.05) is 32.2 Å². The molecule has 0 bridgehead atoms. The number of nitrogens with zero attached hydrogens (tertiary/aromatic N) is 2. The highest BCUT2D eigenvalue weighted by Gasteiger charge is 2.33. The first-order valence-corrected chi connectivity index (χ1v) is 15.1. The van der Waals surface area contributed by atoms with Crippen molar-refractivity contribution in [2.24, 2.45) is 0 Å². The van der Waals surface area contributed by atoms with Crippen LogP contribution in [0.3, 0.4) is 0 Å². The molecule has 0 aliphatic heterocycles. The predicted molar refractivity (Wildman–Crippen MR) is 162 cm³/mol. The average molecular weight is 645 g/mol. The summed E-state index contributed by atoms with van der Waals surface area (Å²) in [4.78, 5) is 28.4. The number of hydrogen-bond acceptors (Lipinski definition) is 4. The fourth-order valence-electron chi connectivity index (χ4n) is 3.82. The van der Waals surface area contributed by atoms with Gasteiger partial charge >= 0.3 is 0 Å². The molecule has 2 amide bonds. The van der Waals surface area contributed by atoms with E-state index in [1.807, 2.05) is 20.8 Å². The first-order valence-electron chi connectivity index (χ1n) is 12.2. The summed E-state index contributed by atoms with van der Waals surface area (Å²) in [5, 5.41) is 3.94. The Morgan fingerprint density at radius 1 is 0.875 bits per heavy atom. The summed E-state index contributed by atoms with van der Waals surface area (Å²) in [6.45, 7) is 6.29. The fraction of sp³-hybridized carbons (Fsp3) is 0.286. The van der Waals surface area contributed by atoms with Crippen LogP contribution in [0.5, 0.6) is 0 Å². The first kappa shape index (κ1) is 32.0. The Labute approximate surface area is 255 Å². The van der Waals surface area contributed by atoms with Crippen molar-refractivity contribution >= 4 is 73.9 Å². The Morgan fingerprint density at radius 3 is 2.02 bits per heavy atom. The van der Waals surface area contributed by atoms with Gasteiger partial charge in [-0.2, -0.15) is 0 Å². The number of halogens is 4. The van der Waals surface area contributed by atoms with Crippen molar-refractivity contribution in [3.8, 4) is 0 Å². The molecule has 0 fully saturated rings. The molecule has 0 radical (unpaired) electrons. The molecule has 12 heteroatoms. The van der Waals surface area contributed by atoms with Crippen LogP contribution in [-0.4, -0.2) is 43.3 Å². The average Bonchev–Trinajstić information content (AvgIpc) is 2.85. The molecule has 0 spiro atoms. The third kappa shape index (κ3) is 8.27. The topological polar surface area (TPSA) is 86.8 Å². The number of rotatable bonds is 9. The van der Waals surface area contributed by atoms with E-state index in [1.165, 1.54) is 41.3 Å². The summed E-state index contributed by atoms with van der Waals surface area (Å²) in [6, 6.07) is 15.7. The van der Waals surface area contributed by atoms with Crippen molar-refractivity contribution in [2.45, 2.75) is 50.7 Å². The van der Waals surface area contributed by atoms with Gasteiger partial charge in [0.1, 0.15) is 12.6 Å². The highest BCUT2D eigenvalue weighted by Crippen LogP contribution is 2.30. The van der Waals surface area contributed by atoms with Gasteiger partial charge in [-0.25, -0.2) is 8.42 Å². The Hall–Kier alpha value is -2.49. The summed E-state index contributed by atoms with van der Waals surface area (Å²) in [6.07, 6.45) is 0. The van der Waals surface area contributed by atoms with Crippen molar-refractivity contribution in [3.63, 3.8) is 0 Å². The van der Waals surface area contributed by atoms with Gasteiger partial charge in [-0.1, -0.05) is 70.7 Å². The lowest BCUT2D eigenvalue weighted by atomic mass is 10.1. The SMILES string of the molecule is CC(C(=O)NC(C)(C)C)N(Cc1ccc(Cl)cc1Cl)C(=O)CN(c1cc(Cl)cc(Cl)c1)S(=O)(=O)c1ccccc1. The highest BCUT2D eigenvalue weighted by atomic mass is 35.5. The molecule has 0 saturated heterocycles. The molecule has 214 valence electrons. The van der Waals surface area contributed by atoms with E-state index in [-0.39, 0.29) is 27.2 Å². The number of nitrogens with one attached hydrogen (secondary N) is 1. The second kappa shape index (κ2) is 13.0. The molecule has 1 atom stereocenters. The first-order chi connectivity index (χ1) is 18.6. The van der Waals surface area contributed by atoms with E-state index in [4.69, 9.17) is 46.4 Å². The molecule has 3 aromatic rings. The van der Waals surface area contributed by atoms with E-state index in [0.717, 1.165) is 4.31 Å². The molecular weight excluding hydrogens is 616 g/mol. The molecule has 0 aromatic heterocycles. The number of carbonyl (C=O) groups is 2. The lowest BCUT2D eigenvalue weighted by Crippen LogP contribution is -2.54. The van der Waals surface area contributed by atoms with E-state index in [9.17, 15) is 18.0 Å². The third-order valence-corrected chi connectivity index (χ3v) is 8.58. The van der Waals surface area contributed by atoms with E-state index in [2.05, 4.69) is 5.32 Å². The fourth-order valence-corrected chi connectivity index (χ4v) is 6.22. The monoisotopic (exact) mass is 643 g/mol. The molecule has 3 rings (SSSR count). The maximum atomic E-state index is 14.0. The highest BCUT2D eigenvalue weighted by molar-refractivity contribution is 7.92. The molecule has 0 aliphatic carbocycles. The zero-order chi connectivity index (χ0) is 29.8. The second-order valence-electron chi connectivity index (χ2n) is 10.1. The molecule has 0 aliphatic rings. The van der Waals surface area contributed by atoms with Crippen LogP contribution in [0.15, 0.2) is 71.6 Å². The Morgan fingerprint density at radius 2 is 1.48 bits per heavy atom. The predicted octanol–water partition coefficient (Wildman–Crippen LogP) is 6.83. The maximum Gasteiger partial charge on any atom is 0.264 e. The molecule has 40 heavy (non-hydrogen) atoms. The number of amides is 2.